The molecule has 276 valence electrons. The van der Waals surface area contributed by atoms with Gasteiger partial charge in [0.05, 0.1) is 0 Å². The van der Waals surface area contributed by atoms with Crippen LogP contribution < -0.4 is 0 Å². The first-order valence-corrected chi connectivity index (χ1v) is 20.3. The van der Waals surface area contributed by atoms with Crippen molar-refractivity contribution >= 4 is 11.9 Å². The zero-order valence-corrected chi connectivity index (χ0v) is 31.5. The Morgan fingerprint density at radius 1 is 0.479 bits per heavy atom. The molecule has 4 nitrogen and oxygen atoms in total. The standard InChI is InChI=1S/C44H76O4/c1-3-5-7-9-11-13-15-17-18-19-20-21-22-23-25-27-29-31-37-41-44(47)48-42(39-35-32-33-36-40-43(45)46)38-34-30-28-26-24-16-14-12-10-8-6-4-2/h5,7,11,13,17-18,20-21,23,25,42H,3-4,6,8-10,12,14-16,19,22,24,26-41H2,1-2H3,(H,45,46)/b7-5-,13-11-,18-17-,21-20-,25-23-. The number of hydrogen-bond acceptors (Lipinski definition) is 3. The normalized spacial score (nSPS) is 12.9. The second kappa shape index (κ2) is 39.1. The lowest BCUT2D eigenvalue weighted by Gasteiger charge is -2.18. The molecule has 0 bridgehead atoms. The highest BCUT2D eigenvalue weighted by Gasteiger charge is 2.14. The van der Waals surface area contributed by atoms with Crippen LogP contribution in [0.3, 0.4) is 0 Å². The van der Waals surface area contributed by atoms with Crippen molar-refractivity contribution in [2.24, 2.45) is 0 Å². The van der Waals surface area contributed by atoms with Gasteiger partial charge in [0.15, 0.2) is 0 Å². The number of carboxylic acid groups (broad SMARTS) is 1. The van der Waals surface area contributed by atoms with E-state index in [9.17, 15) is 9.59 Å². The number of hydrogen-bond donors (Lipinski definition) is 1. The molecule has 0 aromatic heterocycles. The third kappa shape index (κ3) is 38.1. The Balaban J connectivity index is 4.07. The molecule has 0 aromatic rings. The van der Waals surface area contributed by atoms with Crippen molar-refractivity contribution in [3.8, 4) is 0 Å². The minimum atomic E-state index is -0.716. The molecule has 0 aliphatic rings. The van der Waals surface area contributed by atoms with Crippen molar-refractivity contribution in [3.05, 3.63) is 60.8 Å². The third-order valence-corrected chi connectivity index (χ3v) is 8.75. The molecule has 1 atom stereocenters. The van der Waals surface area contributed by atoms with Gasteiger partial charge in [-0.3, -0.25) is 9.59 Å². The van der Waals surface area contributed by atoms with Crippen LogP contribution in [0.2, 0.25) is 0 Å². The van der Waals surface area contributed by atoms with Crippen LogP contribution >= 0.6 is 0 Å². The predicted molar refractivity (Wildman–Crippen MR) is 208 cm³/mol. The van der Waals surface area contributed by atoms with E-state index >= 15 is 0 Å². The molecule has 0 saturated carbocycles. The van der Waals surface area contributed by atoms with Crippen molar-refractivity contribution < 1.29 is 19.4 Å². The Morgan fingerprint density at radius 3 is 1.35 bits per heavy atom. The minimum Gasteiger partial charge on any atom is -0.481 e. The fourth-order valence-corrected chi connectivity index (χ4v) is 5.80. The van der Waals surface area contributed by atoms with Crippen molar-refractivity contribution in [2.45, 2.75) is 206 Å². The van der Waals surface area contributed by atoms with Gasteiger partial charge in [-0.2, -0.15) is 0 Å². The van der Waals surface area contributed by atoms with Gasteiger partial charge >= 0.3 is 11.9 Å². The number of carboxylic acids is 1. The molecule has 0 heterocycles. The summed E-state index contributed by atoms with van der Waals surface area (Å²) in [4.78, 5) is 23.4. The summed E-state index contributed by atoms with van der Waals surface area (Å²) in [5, 5.41) is 8.86. The highest BCUT2D eigenvalue weighted by Crippen LogP contribution is 2.18. The zero-order chi connectivity index (χ0) is 35.0. The van der Waals surface area contributed by atoms with Crippen LogP contribution in [0.1, 0.15) is 200 Å². The van der Waals surface area contributed by atoms with E-state index in [-0.39, 0.29) is 18.5 Å². The molecule has 0 amide bonds. The van der Waals surface area contributed by atoms with Crippen LogP contribution in [-0.2, 0) is 14.3 Å². The molecule has 0 aliphatic carbocycles. The van der Waals surface area contributed by atoms with E-state index in [0.29, 0.717) is 6.42 Å². The van der Waals surface area contributed by atoms with Crippen LogP contribution in [0.25, 0.3) is 0 Å². The summed E-state index contributed by atoms with van der Waals surface area (Å²) in [5.74, 6) is -0.758. The average Bonchev–Trinajstić information content (AvgIpc) is 3.07. The van der Waals surface area contributed by atoms with Gasteiger partial charge in [0.25, 0.3) is 0 Å². The first-order chi connectivity index (χ1) is 23.6. The minimum absolute atomic E-state index is 0.0152. The van der Waals surface area contributed by atoms with Crippen LogP contribution in [0.4, 0.5) is 0 Å². The number of carbonyl (C=O) groups is 2. The van der Waals surface area contributed by atoms with Gasteiger partial charge in [0.2, 0.25) is 0 Å². The number of carbonyl (C=O) groups excluding carboxylic acids is 1. The maximum Gasteiger partial charge on any atom is 0.306 e. The molecule has 1 N–H and O–H groups in total. The zero-order valence-electron chi connectivity index (χ0n) is 31.5. The van der Waals surface area contributed by atoms with Gasteiger partial charge in [-0.25, -0.2) is 0 Å². The van der Waals surface area contributed by atoms with Gasteiger partial charge in [0, 0.05) is 12.8 Å². The number of aliphatic carboxylic acids is 1. The maximum atomic E-state index is 12.6. The van der Waals surface area contributed by atoms with Gasteiger partial charge in [-0.05, 0) is 83.5 Å². The molecule has 0 radical (unpaired) electrons. The van der Waals surface area contributed by atoms with Gasteiger partial charge in [-0.1, -0.05) is 164 Å². The third-order valence-electron chi connectivity index (χ3n) is 8.75. The van der Waals surface area contributed by atoms with Crippen molar-refractivity contribution in [1.29, 1.82) is 0 Å². The Labute approximate surface area is 297 Å². The molecule has 1 unspecified atom stereocenters. The number of allylic oxidation sites excluding steroid dienone is 10. The molecule has 4 heteroatoms. The van der Waals surface area contributed by atoms with Gasteiger partial charge < -0.3 is 9.84 Å². The van der Waals surface area contributed by atoms with Crippen molar-refractivity contribution in [1.82, 2.24) is 0 Å². The predicted octanol–water partition coefficient (Wildman–Crippen LogP) is 14.1. The number of unbranched alkanes of at least 4 members (excludes halogenated alkanes) is 17. The monoisotopic (exact) mass is 669 g/mol. The highest BCUT2D eigenvalue weighted by molar-refractivity contribution is 5.69. The van der Waals surface area contributed by atoms with Crippen LogP contribution in [0.15, 0.2) is 60.8 Å². The van der Waals surface area contributed by atoms with E-state index in [1.165, 1.54) is 70.6 Å². The van der Waals surface area contributed by atoms with E-state index in [0.717, 1.165) is 103 Å². The molecule has 0 spiro atoms. The molecule has 0 aliphatic heterocycles. The van der Waals surface area contributed by atoms with E-state index < -0.39 is 5.97 Å². The van der Waals surface area contributed by atoms with Crippen LogP contribution in [-0.4, -0.2) is 23.1 Å². The lowest BCUT2D eigenvalue weighted by Crippen LogP contribution is -2.18. The summed E-state index contributed by atoms with van der Waals surface area (Å²) in [7, 11) is 0. The fourth-order valence-electron chi connectivity index (χ4n) is 5.80. The van der Waals surface area contributed by atoms with Gasteiger partial charge in [-0.15, -0.1) is 0 Å². The lowest BCUT2D eigenvalue weighted by molar-refractivity contribution is -0.150. The summed E-state index contributed by atoms with van der Waals surface area (Å²) < 4.78 is 5.97. The second-order valence-corrected chi connectivity index (χ2v) is 13.4. The van der Waals surface area contributed by atoms with Crippen LogP contribution in [0, 0.1) is 0 Å². The SMILES string of the molecule is CC/C=C\C/C=C\C/C=C\C/C=C\C/C=C\CCCCCC(=O)OC(CCCCCCCCCCCCCC)CCCCCCC(=O)O. The Hall–Kier alpha value is -2.36. The Bertz CT molecular complexity index is 850. The molecule has 0 saturated heterocycles. The number of esters is 1. The fraction of sp³-hybridized carbons (Fsp3) is 0.727. The molecular weight excluding hydrogens is 592 g/mol. The Kier molecular flexibility index (Phi) is 37.2. The number of rotatable bonds is 36. The lowest BCUT2D eigenvalue weighted by atomic mass is 10.0. The molecular formula is C44H76O4. The second-order valence-electron chi connectivity index (χ2n) is 13.4. The van der Waals surface area contributed by atoms with E-state index in [1.54, 1.807) is 0 Å². The first-order valence-electron chi connectivity index (χ1n) is 20.3. The van der Waals surface area contributed by atoms with E-state index in [1.807, 2.05) is 0 Å². The van der Waals surface area contributed by atoms with Crippen molar-refractivity contribution in [2.75, 3.05) is 0 Å². The molecule has 0 aromatic carbocycles. The summed E-state index contributed by atoms with van der Waals surface area (Å²) in [6.07, 6.45) is 53.8. The maximum absolute atomic E-state index is 12.6. The first kappa shape index (κ1) is 45.6. The largest absolute Gasteiger partial charge is 0.481 e. The summed E-state index contributed by atoms with van der Waals surface area (Å²) in [5.41, 5.74) is 0. The summed E-state index contributed by atoms with van der Waals surface area (Å²) >= 11 is 0. The van der Waals surface area contributed by atoms with E-state index in [2.05, 4.69) is 74.6 Å². The van der Waals surface area contributed by atoms with Crippen molar-refractivity contribution in [3.63, 3.8) is 0 Å². The van der Waals surface area contributed by atoms with E-state index in [4.69, 9.17) is 9.84 Å². The summed E-state index contributed by atoms with van der Waals surface area (Å²) in [6, 6.07) is 0. The topological polar surface area (TPSA) is 63.6 Å². The quantitative estimate of drug-likeness (QED) is 0.0410. The Morgan fingerprint density at radius 2 is 0.875 bits per heavy atom. The van der Waals surface area contributed by atoms with Crippen LogP contribution in [0.5, 0.6) is 0 Å². The molecule has 0 fully saturated rings. The molecule has 0 rings (SSSR count). The number of ether oxygens (including phenoxy) is 1. The smallest absolute Gasteiger partial charge is 0.306 e. The molecule has 48 heavy (non-hydrogen) atoms. The van der Waals surface area contributed by atoms with Gasteiger partial charge in [0.1, 0.15) is 6.10 Å². The average molecular weight is 669 g/mol. The highest BCUT2D eigenvalue weighted by atomic mass is 16.5. The summed E-state index contributed by atoms with van der Waals surface area (Å²) in [6.45, 7) is 4.43.